The molecule has 0 aromatic carbocycles. The maximum Gasteiger partial charge on any atom is 0.155 e. The predicted octanol–water partition coefficient (Wildman–Crippen LogP) is 1.65. The van der Waals surface area contributed by atoms with Crippen LogP contribution in [0.4, 0.5) is 0 Å². The van der Waals surface area contributed by atoms with Crippen LogP contribution in [-0.4, -0.2) is 6.61 Å². The first-order valence-electron chi connectivity index (χ1n) is 2.51. The van der Waals surface area contributed by atoms with Crippen molar-refractivity contribution in [3.63, 3.8) is 0 Å². The first-order valence-corrected chi connectivity index (χ1v) is 2.51. The molecule has 0 fully saturated rings. The molecule has 3 heteroatoms. The average molecular weight is 115 g/mol. The van der Waals surface area contributed by atoms with Crippen molar-refractivity contribution in [3.05, 3.63) is 17.1 Å². The molecule has 0 saturated heterocycles. The maximum absolute atomic E-state index is 9.26. The quantitative estimate of drug-likeness (QED) is 0.242. The molecular weight excluding hydrogens is 106 g/mol. The van der Waals surface area contributed by atoms with Gasteiger partial charge in [-0.25, -0.2) is 0 Å². The van der Waals surface area contributed by atoms with E-state index in [1.54, 1.807) is 6.08 Å². The fourth-order valence-corrected chi connectivity index (χ4v) is 0.308. The second kappa shape index (κ2) is 6.14. The third kappa shape index (κ3) is 5.14. The second-order valence-electron chi connectivity index (χ2n) is 1.25. The van der Waals surface area contributed by atoms with E-state index in [1.807, 2.05) is 13.0 Å². The molecule has 0 unspecified atom stereocenters. The van der Waals surface area contributed by atoms with Gasteiger partial charge in [-0.05, 0) is 12.5 Å². The van der Waals surface area contributed by atoms with Gasteiger partial charge in [-0.15, -0.1) is 4.91 Å². The van der Waals surface area contributed by atoms with Crippen LogP contribution < -0.4 is 0 Å². The van der Waals surface area contributed by atoms with E-state index in [2.05, 4.69) is 10.2 Å². The standard InChI is InChI=1S/C5H9NO2/c1-2-3-4-5-8-6-7/h3-4H,2,5H2,1H3. The Labute approximate surface area is 48.3 Å². The van der Waals surface area contributed by atoms with E-state index in [9.17, 15) is 4.91 Å². The van der Waals surface area contributed by atoms with Crippen LogP contribution in [0.1, 0.15) is 13.3 Å². The van der Waals surface area contributed by atoms with Gasteiger partial charge >= 0.3 is 0 Å². The summed E-state index contributed by atoms with van der Waals surface area (Å²) < 4.78 is 0. The van der Waals surface area contributed by atoms with Crippen LogP contribution in [0.15, 0.2) is 17.5 Å². The molecule has 0 rings (SSSR count). The largest absolute Gasteiger partial charge is 0.360 e. The van der Waals surface area contributed by atoms with Crippen molar-refractivity contribution in [2.45, 2.75) is 13.3 Å². The van der Waals surface area contributed by atoms with Gasteiger partial charge in [0.2, 0.25) is 0 Å². The van der Waals surface area contributed by atoms with Crippen molar-refractivity contribution in [2.75, 3.05) is 6.61 Å². The monoisotopic (exact) mass is 115 g/mol. The number of hydrogen-bond donors (Lipinski definition) is 0. The Balaban J connectivity index is 2.90. The SMILES string of the molecule is CCC=CCON=O. The van der Waals surface area contributed by atoms with Gasteiger partial charge in [-0.3, -0.25) is 0 Å². The van der Waals surface area contributed by atoms with Crippen LogP contribution in [-0.2, 0) is 4.84 Å². The van der Waals surface area contributed by atoms with Crippen LogP contribution in [0.25, 0.3) is 0 Å². The smallest absolute Gasteiger partial charge is 0.155 e. The molecule has 0 radical (unpaired) electrons. The Kier molecular flexibility index (Phi) is 5.48. The maximum atomic E-state index is 9.26. The van der Waals surface area contributed by atoms with E-state index in [0.29, 0.717) is 0 Å². The molecule has 3 nitrogen and oxygen atoms in total. The number of nitrogens with zero attached hydrogens (tertiary/aromatic N) is 1. The lowest BCUT2D eigenvalue weighted by Gasteiger charge is -1.82. The van der Waals surface area contributed by atoms with Crippen molar-refractivity contribution >= 4 is 0 Å². The van der Waals surface area contributed by atoms with Gasteiger partial charge in [-0.1, -0.05) is 13.0 Å². The van der Waals surface area contributed by atoms with Crippen LogP contribution >= 0.6 is 0 Å². The fourth-order valence-electron chi connectivity index (χ4n) is 0.308. The summed E-state index contributed by atoms with van der Waals surface area (Å²) in [5.74, 6) is 0. The normalized spacial score (nSPS) is 9.62. The summed E-state index contributed by atoms with van der Waals surface area (Å²) in [6.07, 6.45) is 4.62. The summed E-state index contributed by atoms with van der Waals surface area (Å²) in [7, 11) is 0. The third-order valence-electron chi connectivity index (χ3n) is 0.626. The summed E-state index contributed by atoms with van der Waals surface area (Å²) in [5, 5.41) is 2.21. The van der Waals surface area contributed by atoms with Gasteiger partial charge in [-0.2, -0.15) is 0 Å². The van der Waals surface area contributed by atoms with Gasteiger partial charge in [0, 0.05) is 0 Å². The molecule has 8 heavy (non-hydrogen) atoms. The Morgan fingerprint density at radius 3 is 2.88 bits per heavy atom. The zero-order valence-electron chi connectivity index (χ0n) is 4.83. The lowest BCUT2D eigenvalue weighted by Crippen LogP contribution is -1.77. The van der Waals surface area contributed by atoms with Crippen LogP contribution in [0, 0.1) is 4.91 Å². The van der Waals surface area contributed by atoms with E-state index < -0.39 is 0 Å². The molecule has 0 bridgehead atoms. The highest BCUT2D eigenvalue weighted by Crippen LogP contribution is 1.80. The average Bonchev–Trinajstić information content (AvgIpc) is 1.81. The zero-order valence-corrected chi connectivity index (χ0v) is 4.83. The van der Waals surface area contributed by atoms with Crippen molar-refractivity contribution in [2.24, 2.45) is 5.34 Å². The fraction of sp³-hybridized carbons (Fsp3) is 0.600. The number of rotatable bonds is 4. The van der Waals surface area contributed by atoms with Crippen LogP contribution in [0.5, 0.6) is 0 Å². The molecular formula is C5H9NO2. The van der Waals surface area contributed by atoms with E-state index in [4.69, 9.17) is 0 Å². The Morgan fingerprint density at radius 2 is 2.38 bits per heavy atom. The van der Waals surface area contributed by atoms with Gasteiger partial charge in [0.05, 0.1) is 0 Å². The first kappa shape index (κ1) is 7.14. The minimum atomic E-state index is 0.289. The lowest BCUT2D eigenvalue weighted by molar-refractivity contribution is 0.169. The highest BCUT2D eigenvalue weighted by atomic mass is 16.7. The topological polar surface area (TPSA) is 38.7 Å². The second-order valence-corrected chi connectivity index (χ2v) is 1.25. The molecule has 0 saturated carbocycles. The summed E-state index contributed by atoms with van der Waals surface area (Å²) in [5.41, 5.74) is 0. The highest BCUT2D eigenvalue weighted by Gasteiger charge is 1.72. The van der Waals surface area contributed by atoms with E-state index in [1.165, 1.54) is 0 Å². The summed E-state index contributed by atoms with van der Waals surface area (Å²) >= 11 is 0. The zero-order chi connectivity index (χ0) is 6.24. The molecule has 0 aliphatic carbocycles. The van der Waals surface area contributed by atoms with Crippen LogP contribution in [0.2, 0.25) is 0 Å². The van der Waals surface area contributed by atoms with Crippen molar-refractivity contribution in [3.8, 4) is 0 Å². The van der Waals surface area contributed by atoms with Crippen molar-refractivity contribution in [1.29, 1.82) is 0 Å². The number of allylic oxidation sites excluding steroid dienone is 1. The molecule has 0 amide bonds. The molecule has 0 aromatic rings. The Morgan fingerprint density at radius 1 is 1.62 bits per heavy atom. The van der Waals surface area contributed by atoms with E-state index in [0.717, 1.165) is 6.42 Å². The highest BCUT2D eigenvalue weighted by molar-refractivity contribution is 4.79. The molecule has 0 N–H and O–H groups in total. The summed E-state index contributed by atoms with van der Waals surface area (Å²) in [6, 6.07) is 0. The van der Waals surface area contributed by atoms with Gasteiger partial charge in [0.25, 0.3) is 0 Å². The first-order chi connectivity index (χ1) is 3.91. The van der Waals surface area contributed by atoms with E-state index >= 15 is 0 Å². The lowest BCUT2D eigenvalue weighted by atomic mass is 10.4. The Hall–Kier alpha value is -0.860. The minimum absolute atomic E-state index is 0.289. The van der Waals surface area contributed by atoms with Crippen molar-refractivity contribution in [1.82, 2.24) is 0 Å². The summed E-state index contributed by atoms with van der Waals surface area (Å²) in [6.45, 7) is 2.29. The molecule has 0 spiro atoms. The molecule has 0 heterocycles. The molecule has 0 aliphatic rings. The molecule has 0 aromatic heterocycles. The van der Waals surface area contributed by atoms with E-state index in [-0.39, 0.29) is 6.61 Å². The van der Waals surface area contributed by atoms with Crippen LogP contribution in [0.3, 0.4) is 0 Å². The predicted molar refractivity (Wildman–Crippen MR) is 31.2 cm³/mol. The minimum Gasteiger partial charge on any atom is -0.360 e. The van der Waals surface area contributed by atoms with Gasteiger partial charge in [0.15, 0.2) is 5.34 Å². The third-order valence-corrected chi connectivity index (χ3v) is 0.626. The van der Waals surface area contributed by atoms with Gasteiger partial charge in [0.1, 0.15) is 6.61 Å². The molecule has 0 aliphatic heterocycles. The Bertz CT molecular complexity index is 80.5. The van der Waals surface area contributed by atoms with Gasteiger partial charge < -0.3 is 4.84 Å². The molecule has 46 valence electrons. The molecule has 0 atom stereocenters. The summed E-state index contributed by atoms with van der Waals surface area (Å²) in [4.78, 5) is 13.4. The van der Waals surface area contributed by atoms with Crippen molar-refractivity contribution < 1.29 is 4.84 Å². The number of hydrogen-bond acceptors (Lipinski definition) is 3.